The van der Waals surface area contributed by atoms with Crippen molar-refractivity contribution in [3.63, 3.8) is 0 Å². The van der Waals surface area contributed by atoms with Crippen LogP contribution < -0.4 is 10.1 Å². The Bertz CT molecular complexity index is 538. The lowest BCUT2D eigenvalue weighted by Gasteiger charge is -2.11. The molecule has 19 heavy (non-hydrogen) atoms. The van der Waals surface area contributed by atoms with Crippen molar-refractivity contribution < 1.29 is 14.7 Å². The number of anilines is 1. The molecule has 2 N–H and O–H groups in total. The quantitative estimate of drug-likeness (QED) is 0.655. The number of hydrogen-bond donors (Lipinski definition) is 2. The average Bonchev–Trinajstić information content (AvgIpc) is 2.42. The molecule has 2 aromatic rings. The van der Waals surface area contributed by atoms with Gasteiger partial charge in [-0.3, -0.25) is 5.21 Å². The molecule has 0 fully saturated rings. The van der Waals surface area contributed by atoms with Crippen molar-refractivity contribution >= 4 is 11.7 Å². The third-order valence-electron chi connectivity index (χ3n) is 2.38. The molecule has 0 bridgehead atoms. The first-order valence-electron chi connectivity index (χ1n) is 5.72. The Balaban J connectivity index is 2.01. The smallest absolute Gasteiger partial charge is 0.345 e. The predicted molar refractivity (Wildman–Crippen MR) is 71.5 cm³/mol. The van der Waals surface area contributed by atoms with Gasteiger partial charge in [0.05, 0.1) is 0 Å². The van der Waals surface area contributed by atoms with Gasteiger partial charge in [0.15, 0.2) is 0 Å². The Hall–Kier alpha value is -2.53. The van der Waals surface area contributed by atoms with Crippen LogP contribution in [0.2, 0.25) is 0 Å². The van der Waals surface area contributed by atoms with Crippen molar-refractivity contribution in [1.82, 2.24) is 5.06 Å². The number of ether oxygens (including phenoxy) is 1. The second-order valence-electron chi connectivity index (χ2n) is 3.89. The summed E-state index contributed by atoms with van der Waals surface area (Å²) in [5.74, 6) is 1.41. The lowest BCUT2D eigenvalue weighted by molar-refractivity contribution is -0.0118. The van der Waals surface area contributed by atoms with Crippen molar-refractivity contribution in [2.45, 2.75) is 0 Å². The highest BCUT2D eigenvalue weighted by Crippen LogP contribution is 2.22. The van der Waals surface area contributed by atoms with E-state index in [9.17, 15) is 4.79 Å². The summed E-state index contributed by atoms with van der Waals surface area (Å²) < 4.78 is 5.61. The maximum absolute atomic E-state index is 11.2. The fraction of sp³-hybridized carbons (Fsp3) is 0.0714. The first-order chi connectivity index (χ1) is 9.15. The molecule has 0 spiro atoms. The van der Waals surface area contributed by atoms with Crippen LogP contribution in [0.5, 0.6) is 11.5 Å². The van der Waals surface area contributed by atoms with Crippen LogP contribution in [0.25, 0.3) is 0 Å². The Morgan fingerprint density at radius 1 is 1.05 bits per heavy atom. The lowest BCUT2D eigenvalue weighted by Crippen LogP contribution is -2.27. The minimum atomic E-state index is -0.600. The molecule has 0 aliphatic carbocycles. The van der Waals surface area contributed by atoms with Crippen LogP contribution in [0.1, 0.15) is 0 Å². The largest absolute Gasteiger partial charge is 0.457 e. The maximum Gasteiger partial charge on any atom is 0.345 e. The van der Waals surface area contributed by atoms with Gasteiger partial charge in [0.25, 0.3) is 0 Å². The highest BCUT2D eigenvalue weighted by Gasteiger charge is 2.05. The van der Waals surface area contributed by atoms with Crippen LogP contribution in [-0.4, -0.2) is 23.3 Å². The molecular weight excluding hydrogens is 244 g/mol. The van der Waals surface area contributed by atoms with E-state index in [-0.39, 0.29) is 0 Å². The molecule has 0 aliphatic heterocycles. The molecule has 0 atom stereocenters. The Labute approximate surface area is 111 Å². The number of rotatable bonds is 3. The summed E-state index contributed by atoms with van der Waals surface area (Å²) in [7, 11) is 1.25. The molecule has 0 aliphatic rings. The van der Waals surface area contributed by atoms with E-state index in [0.717, 1.165) is 5.75 Å². The van der Waals surface area contributed by atoms with Gasteiger partial charge in [-0.25, -0.2) is 9.86 Å². The molecule has 2 amide bonds. The average molecular weight is 258 g/mol. The standard InChI is InChI=1S/C14H14N2O3/c1-16(18)14(17)15-11-7-9-13(10-8-11)19-12-5-3-2-4-6-12/h2-10,18H,1H3,(H,15,17). The van der Waals surface area contributed by atoms with Crippen molar-refractivity contribution in [2.24, 2.45) is 0 Å². The van der Waals surface area contributed by atoms with Gasteiger partial charge in [-0.15, -0.1) is 0 Å². The summed E-state index contributed by atoms with van der Waals surface area (Å²) in [6.07, 6.45) is 0. The minimum Gasteiger partial charge on any atom is -0.457 e. The van der Waals surface area contributed by atoms with Crippen LogP contribution in [0.4, 0.5) is 10.5 Å². The van der Waals surface area contributed by atoms with E-state index < -0.39 is 6.03 Å². The van der Waals surface area contributed by atoms with E-state index in [1.807, 2.05) is 30.3 Å². The molecule has 2 aromatic carbocycles. The number of benzene rings is 2. The van der Waals surface area contributed by atoms with Crippen molar-refractivity contribution in [3.05, 3.63) is 54.6 Å². The number of carbonyl (C=O) groups excluding carboxylic acids is 1. The SMILES string of the molecule is CN(O)C(=O)Nc1ccc(Oc2ccccc2)cc1. The Morgan fingerprint density at radius 2 is 1.63 bits per heavy atom. The molecule has 0 heterocycles. The number of carbonyl (C=O) groups is 1. The number of nitrogens with one attached hydrogen (secondary N) is 1. The van der Waals surface area contributed by atoms with Gasteiger partial charge in [0.2, 0.25) is 0 Å². The Morgan fingerprint density at radius 3 is 2.21 bits per heavy atom. The van der Waals surface area contributed by atoms with Crippen LogP contribution in [0, 0.1) is 0 Å². The molecule has 0 unspecified atom stereocenters. The highest BCUT2D eigenvalue weighted by atomic mass is 16.5. The summed E-state index contributed by atoms with van der Waals surface area (Å²) in [4.78, 5) is 11.2. The van der Waals surface area contributed by atoms with E-state index in [4.69, 9.17) is 9.94 Å². The molecule has 98 valence electrons. The first kappa shape index (κ1) is 12.9. The predicted octanol–water partition coefficient (Wildman–Crippen LogP) is 3.33. The van der Waals surface area contributed by atoms with Crippen LogP contribution in [0.3, 0.4) is 0 Å². The first-order valence-corrected chi connectivity index (χ1v) is 5.72. The summed E-state index contributed by atoms with van der Waals surface area (Å²) in [6.45, 7) is 0. The monoisotopic (exact) mass is 258 g/mol. The second kappa shape index (κ2) is 5.88. The molecule has 0 saturated heterocycles. The third-order valence-corrected chi connectivity index (χ3v) is 2.38. The molecule has 2 rings (SSSR count). The molecule has 5 heteroatoms. The maximum atomic E-state index is 11.2. The lowest BCUT2D eigenvalue weighted by atomic mass is 10.3. The molecule has 0 radical (unpaired) electrons. The van der Waals surface area contributed by atoms with Gasteiger partial charge in [-0.1, -0.05) is 18.2 Å². The fourth-order valence-corrected chi connectivity index (χ4v) is 1.44. The summed E-state index contributed by atoms with van der Waals surface area (Å²) in [6, 6.07) is 15.7. The molecule has 0 aromatic heterocycles. The van der Waals surface area contributed by atoms with E-state index in [1.54, 1.807) is 24.3 Å². The topological polar surface area (TPSA) is 61.8 Å². The summed E-state index contributed by atoms with van der Waals surface area (Å²) >= 11 is 0. The number of hydroxylamine groups is 2. The van der Waals surface area contributed by atoms with Gasteiger partial charge in [0.1, 0.15) is 11.5 Å². The molecular formula is C14H14N2O3. The van der Waals surface area contributed by atoms with Gasteiger partial charge < -0.3 is 10.1 Å². The van der Waals surface area contributed by atoms with E-state index in [0.29, 0.717) is 16.5 Å². The highest BCUT2D eigenvalue weighted by molar-refractivity contribution is 5.88. The molecule has 0 saturated carbocycles. The normalized spacial score (nSPS) is 9.79. The van der Waals surface area contributed by atoms with E-state index in [1.165, 1.54) is 7.05 Å². The minimum absolute atomic E-state index is 0.481. The van der Waals surface area contributed by atoms with Crippen LogP contribution in [-0.2, 0) is 0 Å². The fourth-order valence-electron chi connectivity index (χ4n) is 1.44. The van der Waals surface area contributed by atoms with Crippen LogP contribution >= 0.6 is 0 Å². The zero-order chi connectivity index (χ0) is 13.7. The number of para-hydroxylation sites is 1. The van der Waals surface area contributed by atoms with Crippen LogP contribution in [0.15, 0.2) is 54.6 Å². The number of nitrogens with zero attached hydrogens (tertiary/aromatic N) is 1. The number of urea groups is 1. The van der Waals surface area contributed by atoms with Gasteiger partial charge >= 0.3 is 6.03 Å². The van der Waals surface area contributed by atoms with Gasteiger partial charge in [-0.05, 0) is 36.4 Å². The zero-order valence-electron chi connectivity index (χ0n) is 10.4. The van der Waals surface area contributed by atoms with E-state index >= 15 is 0 Å². The van der Waals surface area contributed by atoms with Crippen molar-refractivity contribution in [2.75, 3.05) is 12.4 Å². The second-order valence-corrected chi connectivity index (χ2v) is 3.89. The van der Waals surface area contributed by atoms with Gasteiger partial charge in [0, 0.05) is 12.7 Å². The van der Waals surface area contributed by atoms with Crippen molar-refractivity contribution in [1.29, 1.82) is 0 Å². The zero-order valence-corrected chi connectivity index (χ0v) is 10.4. The number of amides is 2. The molecule has 5 nitrogen and oxygen atoms in total. The Kier molecular flexibility index (Phi) is 4.00. The van der Waals surface area contributed by atoms with Gasteiger partial charge in [-0.2, -0.15) is 0 Å². The van der Waals surface area contributed by atoms with E-state index in [2.05, 4.69) is 5.32 Å². The third kappa shape index (κ3) is 3.72. The summed E-state index contributed by atoms with van der Waals surface area (Å²) in [5.41, 5.74) is 0.575. The summed E-state index contributed by atoms with van der Waals surface area (Å²) in [5, 5.41) is 11.9. The number of hydrogen-bond acceptors (Lipinski definition) is 3. The van der Waals surface area contributed by atoms with Crippen molar-refractivity contribution in [3.8, 4) is 11.5 Å².